The molecule has 0 fully saturated rings. The fourth-order valence-electron chi connectivity index (χ4n) is 1.95. The van der Waals surface area contributed by atoms with Crippen LogP contribution < -0.4 is 25.2 Å². The average Bonchev–Trinajstić information content (AvgIpc) is 2.54. The van der Waals surface area contributed by atoms with Gasteiger partial charge in [0.25, 0.3) is 0 Å². The number of quaternary nitrogens is 1. The monoisotopic (exact) mass is 326 g/mol. The highest BCUT2D eigenvalue weighted by Crippen LogP contribution is 2.29. The molecule has 1 amide bonds. The molecule has 0 unspecified atom stereocenters. The third-order valence-electron chi connectivity index (χ3n) is 3.16. The first-order valence-electron chi connectivity index (χ1n) is 7.06. The lowest BCUT2D eigenvalue weighted by Gasteiger charge is -2.17. The first-order chi connectivity index (χ1) is 11.0. The predicted molar refractivity (Wildman–Crippen MR) is 80.3 cm³/mol. The van der Waals surface area contributed by atoms with Crippen molar-refractivity contribution < 1.29 is 34.2 Å². The minimum Gasteiger partial charge on any atom is -0.544 e. The van der Waals surface area contributed by atoms with E-state index in [1.165, 1.54) is 26.6 Å². The molecule has 0 heterocycles. The Hall–Kier alpha value is -2.32. The van der Waals surface area contributed by atoms with E-state index in [9.17, 15) is 14.7 Å². The summed E-state index contributed by atoms with van der Waals surface area (Å²) in [6.07, 6.45) is -0.221. The van der Waals surface area contributed by atoms with Gasteiger partial charge < -0.3 is 34.7 Å². The molecule has 0 bridgehead atoms. The van der Waals surface area contributed by atoms with Crippen LogP contribution in [0.2, 0.25) is 0 Å². The molecule has 0 aromatic heterocycles. The van der Waals surface area contributed by atoms with Gasteiger partial charge in [-0.3, -0.25) is 4.79 Å². The van der Waals surface area contributed by atoms with Crippen molar-refractivity contribution in [2.75, 3.05) is 39.8 Å². The van der Waals surface area contributed by atoms with Gasteiger partial charge in [0.15, 0.2) is 0 Å². The van der Waals surface area contributed by atoms with Gasteiger partial charge in [-0.2, -0.15) is 0 Å². The summed E-state index contributed by atoms with van der Waals surface area (Å²) >= 11 is 0. The van der Waals surface area contributed by atoms with Gasteiger partial charge in [-0.15, -0.1) is 0 Å². The second kappa shape index (κ2) is 9.65. The summed E-state index contributed by atoms with van der Waals surface area (Å²) in [5, 5.41) is 15.2. The van der Waals surface area contributed by atoms with Crippen LogP contribution in [0, 0.1) is 0 Å². The number of rotatable bonds is 10. The molecular formula is C15H22N2O6. The third-order valence-corrected chi connectivity index (χ3v) is 3.16. The Labute approximate surface area is 134 Å². The number of aliphatic carboxylic acids is 1. The van der Waals surface area contributed by atoms with E-state index in [0.29, 0.717) is 30.3 Å². The van der Waals surface area contributed by atoms with Crippen LogP contribution in [0.3, 0.4) is 0 Å². The lowest BCUT2D eigenvalue weighted by Crippen LogP contribution is -2.94. The van der Waals surface area contributed by atoms with Crippen LogP contribution in [0.15, 0.2) is 18.2 Å². The van der Waals surface area contributed by atoms with Gasteiger partial charge in [0.2, 0.25) is 5.91 Å². The maximum absolute atomic E-state index is 12.0. The van der Waals surface area contributed by atoms with E-state index < -0.39 is 17.9 Å². The van der Waals surface area contributed by atoms with Gasteiger partial charge in [0.1, 0.15) is 17.5 Å². The van der Waals surface area contributed by atoms with Gasteiger partial charge in [-0.1, -0.05) is 0 Å². The maximum Gasteiger partial charge on any atom is 0.230 e. The first kappa shape index (κ1) is 18.7. The zero-order valence-corrected chi connectivity index (χ0v) is 13.5. The number of methoxy groups -OCH3 is 3. The van der Waals surface area contributed by atoms with Gasteiger partial charge in [0.05, 0.1) is 45.4 Å². The number of carboxylic acid groups (broad SMARTS) is 1. The zero-order valence-electron chi connectivity index (χ0n) is 13.5. The molecule has 3 N–H and O–H groups in total. The van der Waals surface area contributed by atoms with Gasteiger partial charge in [-0.05, 0) is 12.1 Å². The highest BCUT2D eigenvalue weighted by atomic mass is 16.5. The first-order valence-corrected chi connectivity index (χ1v) is 7.06. The molecule has 8 heteroatoms. The van der Waals surface area contributed by atoms with E-state index in [2.05, 4.69) is 5.32 Å². The molecule has 0 aliphatic rings. The number of benzene rings is 1. The van der Waals surface area contributed by atoms with Crippen molar-refractivity contribution in [3.8, 4) is 11.5 Å². The number of carbonyl (C=O) groups is 2. The zero-order chi connectivity index (χ0) is 17.2. The largest absolute Gasteiger partial charge is 0.544 e. The van der Waals surface area contributed by atoms with Gasteiger partial charge in [0, 0.05) is 13.2 Å². The van der Waals surface area contributed by atoms with Crippen molar-refractivity contribution in [1.82, 2.24) is 0 Å². The van der Waals surface area contributed by atoms with Crippen LogP contribution in [0.1, 0.15) is 6.42 Å². The Kier molecular flexibility index (Phi) is 7.86. The van der Waals surface area contributed by atoms with Crippen LogP contribution in [0.4, 0.5) is 5.69 Å². The maximum atomic E-state index is 12.0. The molecule has 0 aliphatic heterocycles. The Morgan fingerprint density at radius 1 is 1.26 bits per heavy atom. The van der Waals surface area contributed by atoms with E-state index in [1.54, 1.807) is 18.2 Å². The lowest BCUT2D eigenvalue weighted by molar-refractivity contribution is -0.683. The van der Waals surface area contributed by atoms with Crippen LogP contribution in [0.25, 0.3) is 0 Å². The number of carboxylic acids is 1. The molecule has 1 rings (SSSR count). The smallest absolute Gasteiger partial charge is 0.230 e. The lowest BCUT2D eigenvalue weighted by atomic mass is 10.2. The van der Waals surface area contributed by atoms with E-state index in [4.69, 9.17) is 14.2 Å². The molecular weight excluding hydrogens is 304 g/mol. The number of hydrogen-bond donors (Lipinski definition) is 2. The fraction of sp³-hybridized carbons (Fsp3) is 0.467. The second-order valence-electron chi connectivity index (χ2n) is 4.76. The molecule has 1 atom stereocenters. The van der Waals surface area contributed by atoms with Crippen molar-refractivity contribution >= 4 is 17.6 Å². The molecule has 0 spiro atoms. The summed E-state index contributed by atoms with van der Waals surface area (Å²) in [4.78, 5) is 23.1. The summed E-state index contributed by atoms with van der Waals surface area (Å²) in [5.74, 6) is -0.735. The summed E-state index contributed by atoms with van der Waals surface area (Å²) in [5.41, 5.74) is 0.437. The van der Waals surface area contributed by atoms with E-state index >= 15 is 0 Å². The number of ether oxygens (including phenoxy) is 3. The quantitative estimate of drug-likeness (QED) is 0.499. The van der Waals surface area contributed by atoms with Crippen LogP contribution in [0.5, 0.6) is 11.5 Å². The van der Waals surface area contributed by atoms with E-state index in [-0.39, 0.29) is 6.42 Å². The molecule has 0 saturated carbocycles. The summed E-state index contributed by atoms with van der Waals surface area (Å²) in [7, 11) is 4.50. The summed E-state index contributed by atoms with van der Waals surface area (Å²) in [6, 6.07) is 3.93. The van der Waals surface area contributed by atoms with E-state index in [0.717, 1.165) is 0 Å². The highest BCUT2D eigenvalue weighted by Gasteiger charge is 2.19. The second-order valence-corrected chi connectivity index (χ2v) is 4.76. The molecule has 128 valence electrons. The number of hydrogen-bond acceptors (Lipinski definition) is 6. The average molecular weight is 326 g/mol. The normalized spacial score (nSPS) is 11.6. The molecule has 0 radical (unpaired) electrons. The Balaban J connectivity index is 2.68. The molecule has 0 aliphatic carbocycles. The van der Waals surface area contributed by atoms with Gasteiger partial charge in [-0.25, -0.2) is 0 Å². The van der Waals surface area contributed by atoms with Crippen molar-refractivity contribution in [3.05, 3.63) is 18.2 Å². The molecule has 8 nitrogen and oxygen atoms in total. The Morgan fingerprint density at radius 3 is 2.57 bits per heavy atom. The van der Waals surface area contributed by atoms with Gasteiger partial charge >= 0.3 is 0 Å². The minimum absolute atomic E-state index is 0.221. The SMILES string of the molecule is COCC[NH2+][C@@H](CC(=O)Nc1ccc(OC)cc1OC)C(=O)[O-]. The molecule has 1 aromatic rings. The number of anilines is 1. The molecule has 1 aromatic carbocycles. The van der Waals surface area contributed by atoms with Crippen molar-refractivity contribution in [1.29, 1.82) is 0 Å². The topological polar surface area (TPSA) is 114 Å². The predicted octanol–water partition coefficient (Wildman–Crippen LogP) is -1.64. The van der Waals surface area contributed by atoms with E-state index in [1.807, 2.05) is 0 Å². The Bertz CT molecular complexity index is 535. The van der Waals surface area contributed by atoms with Crippen molar-refractivity contribution in [2.24, 2.45) is 0 Å². The molecule has 23 heavy (non-hydrogen) atoms. The number of carbonyl (C=O) groups excluding carboxylic acids is 2. The summed E-state index contributed by atoms with van der Waals surface area (Å²) < 4.78 is 15.1. The van der Waals surface area contributed by atoms with Crippen LogP contribution in [-0.2, 0) is 14.3 Å². The minimum atomic E-state index is -1.29. The highest BCUT2D eigenvalue weighted by molar-refractivity contribution is 5.94. The number of nitrogens with two attached hydrogens (primary N) is 1. The fourth-order valence-corrected chi connectivity index (χ4v) is 1.95. The van der Waals surface area contributed by atoms with Crippen LogP contribution >= 0.6 is 0 Å². The van der Waals surface area contributed by atoms with Crippen molar-refractivity contribution in [3.63, 3.8) is 0 Å². The number of amides is 1. The Morgan fingerprint density at radius 2 is 2.00 bits per heavy atom. The van der Waals surface area contributed by atoms with Crippen LogP contribution in [-0.4, -0.2) is 52.4 Å². The summed E-state index contributed by atoms with van der Waals surface area (Å²) in [6.45, 7) is 0.811. The third kappa shape index (κ3) is 6.13. The number of nitrogens with one attached hydrogen (secondary N) is 1. The standard InChI is InChI=1S/C15H22N2O6/c1-21-7-6-16-12(15(19)20)9-14(18)17-11-5-4-10(22-2)8-13(11)23-3/h4-5,8,12,16H,6-7,9H2,1-3H3,(H,17,18)(H,19,20)/t12-/m0/s1. The molecule has 0 saturated heterocycles. The van der Waals surface area contributed by atoms with Crippen molar-refractivity contribution in [2.45, 2.75) is 12.5 Å².